The van der Waals surface area contributed by atoms with E-state index in [1.165, 1.54) is 6.07 Å². The van der Waals surface area contributed by atoms with Gasteiger partial charge in [-0.2, -0.15) is 0 Å². The van der Waals surface area contributed by atoms with Gasteiger partial charge in [0.1, 0.15) is 23.0 Å². The largest absolute Gasteiger partial charge is 0.508 e. The minimum absolute atomic E-state index is 0.0165. The summed E-state index contributed by atoms with van der Waals surface area (Å²) in [6.07, 6.45) is 2.82. The maximum Gasteiger partial charge on any atom is 0.412 e. The average molecular weight is 659 g/mol. The van der Waals surface area contributed by atoms with Gasteiger partial charge in [-0.3, -0.25) is 10.2 Å². The van der Waals surface area contributed by atoms with Crippen LogP contribution in [0.5, 0.6) is 17.2 Å². The number of phenols is 1. The zero-order valence-corrected chi connectivity index (χ0v) is 26.9. The number of rotatable bonds is 9. The molecule has 2 aromatic carbocycles. The molecule has 1 saturated carbocycles. The highest BCUT2D eigenvalue weighted by atomic mass is 32.2. The molecule has 3 saturated heterocycles. The van der Waals surface area contributed by atoms with Crippen LogP contribution in [0.2, 0.25) is 0 Å². The molecule has 4 fully saturated rings. The van der Waals surface area contributed by atoms with Gasteiger partial charge in [-0.25, -0.2) is 13.2 Å². The third-order valence-electron chi connectivity index (χ3n) is 9.95. The van der Waals surface area contributed by atoms with E-state index in [1.807, 2.05) is 26.0 Å². The number of nitrogens with zero attached hydrogens (tertiary/aromatic N) is 1. The summed E-state index contributed by atoms with van der Waals surface area (Å²) in [4.78, 5) is 15.7. The standard InChI is InChI=1S/C33H42N2O10S/c1-33(2)35(32(37)44-29-18-41-31-24(29)13-14-40-31)25(15-20-7-9-22(36)10-8-20)28(45-33)17-34-30(21-5-3-4-6-21)46(38,39)23-11-12-26-27(16-23)43-19-42-26/h7-12,16,21,24-25,28-31,34,36H,3-6,13-15,17-19H2,1-2H3/t24-,25-,28+,29-,30?,31+/m0/s1. The number of benzene rings is 2. The molecule has 0 radical (unpaired) electrons. The second-order valence-corrected chi connectivity index (χ2v) is 15.4. The van der Waals surface area contributed by atoms with E-state index in [9.17, 15) is 18.3 Å². The zero-order chi connectivity index (χ0) is 32.1. The van der Waals surface area contributed by atoms with Gasteiger partial charge in [-0.15, -0.1) is 0 Å². The van der Waals surface area contributed by atoms with Crippen LogP contribution in [0.4, 0.5) is 4.79 Å². The fourth-order valence-electron chi connectivity index (χ4n) is 7.66. The van der Waals surface area contributed by atoms with Crippen LogP contribution in [0.1, 0.15) is 51.5 Å². The van der Waals surface area contributed by atoms with Gasteiger partial charge in [0, 0.05) is 12.6 Å². The van der Waals surface area contributed by atoms with Gasteiger partial charge in [-0.1, -0.05) is 25.0 Å². The summed E-state index contributed by atoms with van der Waals surface area (Å²) >= 11 is 0. The molecule has 0 bridgehead atoms. The van der Waals surface area contributed by atoms with E-state index in [0.717, 1.165) is 37.7 Å². The van der Waals surface area contributed by atoms with E-state index in [2.05, 4.69) is 5.32 Å². The second kappa shape index (κ2) is 12.5. The third kappa shape index (κ3) is 6.03. The van der Waals surface area contributed by atoms with Crippen LogP contribution in [-0.4, -0.2) is 86.7 Å². The van der Waals surface area contributed by atoms with Crippen LogP contribution in [-0.2, 0) is 35.2 Å². The van der Waals surface area contributed by atoms with Gasteiger partial charge < -0.3 is 33.5 Å². The highest BCUT2D eigenvalue weighted by Gasteiger charge is 2.53. The molecule has 2 aromatic rings. The Kier molecular flexibility index (Phi) is 8.55. The molecule has 7 rings (SSSR count). The maximum atomic E-state index is 14.2. The van der Waals surface area contributed by atoms with Crippen LogP contribution >= 0.6 is 0 Å². The van der Waals surface area contributed by atoms with Crippen LogP contribution in [0.15, 0.2) is 47.4 Å². The molecule has 1 amide bonds. The molecule has 1 aliphatic carbocycles. The van der Waals surface area contributed by atoms with E-state index < -0.39 is 45.3 Å². The number of fused-ring (bicyclic) bond motifs is 2. The monoisotopic (exact) mass is 658 g/mol. The Labute approximate surface area is 269 Å². The predicted octanol–water partition coefficient (Wildman–Crippen LogP) is 3.95. The number of nitrogens with one attached hydrogen (secondary N) is 1. The lowest BCUT2D eigenvalue weighted by Gasteiger charge is -2.34. The summed E-state index contributed by atoms with van der Waals surface area (Å²) in [5.41, 5.74) is -0.157. The topological polar surface area (TPSA) is 142 Å². The molecular formula is C33H42N2O10S. The molecule has 4 aliphatic heterocycles. The van der Waals surface area contributed by atoms with Crippen LogP contribution in [0.25, 0.3) is 0 Å². The van der Waals surface area contributed by atoms with E-state index in [0.29, 0.717) is 24.5 Å². The molecule has 13 heteroatoms. The van der Waals surface area contributed by atoms with Crippen molar-refractivity contribution in [3.63, 3.8) is 0 Å². The van der Waals surface area contributed by atoms with Crippen molar-refractivity contribution in [2.24, 2.45) is 11.8 Å². The Morgan fingerprint density at radius 1 is 1.07 bits per heavy atom. The number of phenolic OH excluding ortho intramolecular Hbond substituents is 1. The van der Waals surface area contributed by atoms with Crippen molar-refractivity contribution in [2.75, 3.05) is 26.6 Å². The minimum Gasteiger partial charge on any atom is -0.508 e. The first-order valence-corrected chi connectivity index (χ1v) is 17.7. The molecule has 1 unspecified atom stereocenters. The van der Waals surface area contributed by atoms with Crippen molar-refractivity contribution in [2.45, 2.75) is 92.9 Å². The Morgan fingerprint density at radius 2 is 1.83 bits per heavy atom. The molecule has 2 N–H and O–H groups in total. The summed E-state index contributed by atoms with van der Waals surface area (Å²) in [7, 11) is -3.82. The van der Waals surface area contributed by atoms with Crippen LogP contribution in [0.3, 0.4) is 0 Å². The number of sulfone groups is 1. The molecular weight excluding hydrogens is 616 g/mol. The van der Waals surface area contributed by atoms with E-state index in [1.54, 1.807) is 29.2 Å². The normalized spacial score (nSPS) is 29.3. The zero-order valence-electron chi connectivity index (χ0n) is 26.1. The molecule has 5 aliphatic rings. The van der Waals surface area contributed by atoms with Crippen molar-refractivity contribution < 1.29 is 46.7 Å². The quantitative estimate of drug-likeness (QED) is 0.405. The number of aromatic hydroxyl groups is 1. The van der Waals surface area contributed by atoms with Gasteiger partial charge in [0.2, 0.25) is 6.79 Å². The fourth-order valence-corrected chi connectivity index (χ4v) is 9.57. The van der Waals surface area contributed by atoms with Gasteiger partial charge in [0.15, 0.2) is 27.6 Å². The van der Waals surface area contributed by atoms with E-state index in [-0.39, 0.29) is 48.7 Å². The molecule has 4 heterocycles. The minimum atomic E-state index is -3.82. The summed E-state index contributed by atoms with van der Waals surface area (Å²) in [6.45, 7) is 4.72. The van der Waals surface area contributed by atoms with Crippen molar-refractivity contribution in [1.82, 2.24) is 10.2 Å². The highest BCUT2D eigenvalue weighted by molar-refractivity contribution is 7.92. The first-order valence-electron chi connectivity index (χ1n) is 16.2. The number of hydrogen-bond acceptors (Lipinski definition) is 11. The Balaban J connectivity index is 1.14. The summed E-state index contributed by atoms with van der Waals surface area (Å²) in [5, 5.41) is 12.4. The molecule has 6 atom stereocenters. The summed E-state index contributed by atoms with van der Waals surface area (Å²) in [6, 6.07) is 11.1. The fraction of sp³-hybridized carbons (Fsp3) is 0.606. The third-order valence-corrected chi connectivity index (χ3v) is 12.1. The SMILES string of the molecule is CC1(C)O[C@H](CNC(C2CCCC2)S(=O)(=O)c2ccc3c(c2)OCO3)[C@H](Cc2ccc(O)cc2)N1C(=O)O[C@H]1CO[C@H]2OCC[C@H]21. The lowest BCUT2D eigenvalue weighted by molar-refractivity contribution is -0.0911. The van der Waals surface area contributed by atoms with Crippen LogP contribution in [0, 0.1) is 11.8 Å². The highest BCUT2D eigenvalue weighted by Crippen LogP contribution is 2.40. The van der Waals surface area contributed by atoms with Crippen LogP contribution < -0.4 is 14.8 Å². The van der Waals surface area contributed by atoms with Gasteiger partial charge >= 0.3 is 6.09 Å². The number of amides is 1. The van der Waals surface area contributed by atoms with Crippen molar-refractivity contribution in [1.29, 1.82) is 0 Å². The number of hydrogen-bond donors (Lipinski definition) is 2. The molecule has 12 nitrogen and oxygen atoms in total. The molecule has 250 valence electrons. The second-order valence-electron chi connectivity index (χ2n) is 13.3. The summed E-state index contributed by atoms with van der Waals surface area (Å²) in [5.74, 6) is 0.986. The Bertz CT molecular complexity index is 1530. The van der Waals surface area contributed by atoms with Gasteiger partial charge in [-0.05, 0) is 75.3 Å². The lowest BCUT2D eigenvalue weighted by atomic mass is 9.99. The van der Waals surface area contributed by atoms with Crippen molar-refractivity contribution in [3.8, 4) is 17.2 Å². The Morgan fingerprint density at radius 3 is 2.61 bits per heavy atom. The van der Waals surface area contributed by atoms with Gasteiger partial charge in [0.25, 0.3) is 0 Å². The first kappa shape index (κ1) is 31.5. The molecule has 0 spiro atoms. The summed E-state index contributed by atoms with van der Waals surface area (Å²) < 4.78 is 63.2. The smallest absolute Gasteiger partial charge is 0.412 e. The molecule has 46 heavy (non-hydrogen) atoms. The molecule has 0 aromatic heterocycles. The first-order chi connectivity index (χ1) is 22.1. The van der Waals surface area contributed by atoms with E-state index in [4.69, 9.17) is 28.4 Å². The maximum absolute atomic E-state index is 14.2. The van der Waals surface area contributed by atoms with Crippen molar-refractivity contribution in [3.05, 3.63) is 48.0 Å². The van der Waals surface area contributed by atoms with Gasteiger partial charge in [0.05, 0.1) is 36.2 Å². The predicted molar refractivity (Wildman–Crippen MR) is 164 cm³/mol. The number of carbonyl (C=O) groups excluding carboxylic acids is 1. The Hall–Kier alpha value is -3.10. The average Bonchev–Trinajstić information content (AvgIpc) is 3.85. The lowest BCUT2D eigenvalue weighted by Crippen LogP contribution is -2.52. The number of ether oxygens (including phenoxy) is 6. The number of carbonyl (C=O) groups is 1. The van der Waals surface area contributed by atoms with E-state index >= 15 is 0 Å². The van der Waals surface area contributed by atoms with Crippen molar-refractivity contribution >= 4 is 15.9 Å².